The van der Waals surface area contributed by atoms with Gasteiger partial charge >= 0.3 is 11.8 Å². The second-order valence-corrected chi connectivity index (χ2v) is 5.21. The van der Waals surface area contributed by atoms with E-state index in [4.69, 9.17) is 14.6 Å². The van der Waals surface area contributed by atoms with Gasteiger partial charge in [-0.25, -0.2) is 0 Å². The minimum atomic E-state index is -0.745. The minimum absolute atomic E-state index is 0.0679. The van der Waals surface area contributed by atoms with E-state index in [2.05, 4.69) is 10.6 Å². The first-order valence-electron chi connectivity index (χ1n) is 7.14. The van der Waals surface area contributed by atoms with Crippen LogP contribution in [0.2, 0.25) is 0 Å². The average Bonchev–Trinajstić information content (AvgIpc) is 2.85. The summed E-state index contributed by atoms with van der Waals surface area (Å²) in [4.78, 5) is 22.8. The van der Waals surface area contributed by atoms with Crippen LogP contribution in [0.15, 0.2) is 0 Å². The monoisotopic (exact) mass is 286 g/mol. The van der Waals surface area contributed by atoms with Crippen molar-refractivity contribution >= 4 is 11.8 Å². The SMILES string of the molecule is O=C(NCCO)C(=O)NC[C@@H]1COC2(CCCCC2)O1. The maximum Gasteiger partial charge on any atom is 0.309 e. The van der Waals surface area contributed by atoms with Gasteiger partial charge in [0.2, 0.25) is 0 Å². The summed E-state index contributed by atoms with van der Waals surface area (Å²) in [7, 11) is 0. The number of hydrogen-bond donors (Lipinski definition) is 3. The lowest BCUT2D eigenvalue weighted by Gasteiger charge is -2.31. The van der Waals surface area contributed by atoms with Crippen molar-refractivity contribution in [2.45, 2.75) is 44.0 Å². The molecule has 0 bridgehead atoms. The van der Waals surface area contributed by atoms with Gasteiger partial charge in [0, 0.05) is 25.9 Å². The van der Waals surface area contributed by atoms with Crippen LogP contribution in [-0.4, -0.2) is 55.1 Å². The van der Waals surface area contributed by atoms with E-state index in [-0.39, 0.29) is 25.8 Å². The molecule has 1 aliphatic carbocycles. The normalized spacial score (nSPS) is 24.6. The molecule has 0 aromatic carbocycles. The molecule has 2 rings (SSSR count). The molecule has 1 heterocycles. The predicted molar refractivity (Wildman–Crippen MR) is 69.7 cm³/mol. The number of aliphatic hydroxyl groups excluding tert-OH is 1. The van der Waals surface area contributed by atoms with Gasteiger partial charge in [0.05, 0.1) is 13.2 Å². The second-order valence-electron chi connectivity index (χ2n) is 5.21. The maximum absolute atomic E-state index is 11.5. The Hall–Kier alpha value is -1.18. The van der Waals surface area contributed by atoms with Crippen molar-refractivity contribution in [1.29, 1.82) is 0 Å². The smallest absolute Gasteiger partial charge is 0.309 e. The fraction of sp³-hybridized carbons (Fsp3) is 0.846. The van der Waals surface area contributed by atoms with E-state index >= 15 is 0 Å². The first-order valence-corrected chi connectivity index (χ1v) is 7.14. The summed E-state index contributed by atoms with van der Waals surface area (Å²) in [6.45, 7) is 0.575. The molecule has 0 radical (unpaired) electrons. The lowest BCUT2D eigenvalue weighted by Crippen LogP contribution is -2.44. The Morgan fingerprint density at radius 2 is 1.85 bits per heavy atom. The molecule has 1 saturated heterocycles. The van der Waals surface area contributed by atoms with E-state index in [1.165, 1.54) is 6.42 Å². The van der Waals surface area contributed by atoms with Gasteiger partial charge in [-0.05, 0) is 12.8 Å². The van der Waals surface area contributed by atoms with Gasteiger partial charge in [-0.1, -0.05) is 6.42 Å². The lowest BCUT2D eigenvalue weighted by atomic mass is 9.94. The zero-order valence-electron chi connectivity index (χ0n) is 11.5. The van der Waals surface area contributed by atoms with Crippen molar-refractivity contribution in [3.8, 4) is 0 Å². The van der Waals surface area contributed by atoms with Gasteiger partial charge in [0.25, 0.3) is 0 Å². The Morgan fingerprint density at radius 1 is 1.15 bits per heavy atom. The highest BCUT2D eigenvalue weighted by molar-refractivity contribution is 6.35. The summed E-state index contributed by atoms with van der Waals surface area (Å²) in [6, 6.07) is 0. The summed E-state index contributed by atoms with van der Waals surface area (Å²) in [5, 5.41) is 13.4. The number of ether oxygens (including phenoxy) is 2. The Bertz CT molecular complexity index is 355. The molecule has 7 heteroatoms. The molecule has 0 aromatic heterocycles. The van der Waals surface area contributed by atoms with E-state index in [1.54, 1.807) is 0 Å². The van der Waals surface area contributed by atoms with E-state index in [1.807, 2.05) is 0 Å². The number of rotatable bonds is 4. The van der Waals surface area contributed by atoms with Crippen LogP contribution in [0.5, 0.6) is 0 Å². The zero-order chi connectivity index (χ0) is 14.4. The summed E-state index contributed by atoms with van der Waals surface area (Å²) in [6.07, 6.45) is 5.00. The molecule has 20 heavy (non-hydrogen) atoms. The van der Waals surface area contributed by atoms with Crippen LogP contribution in [0, 0.1) is 0 Å². The van der Waals surface area contributed by atoms with Gasteiger partial charge in [-0.2, -0.15) is 0 Å². The summed E-state index contributed by atoms with van der Waals surface area (Å²) >= 11 is 0. The molecule has 2 fully saturated rings. The highest BCUT2D eigenvalue weighted by atomic mass is 16.7. The first kappa shape index (κ1) is 15.2. The lowest BCUT2D eigenvalue weighted by molar-refractivity contribution is -0.186. The van der Waals surface area contributed by atoms with Crippen LogP contribution >= 0.6 is 0 Å². The summed E-state index contributed by atoms with van der Waals surface area (Å²) in [5.41, 5.74) is 0. The molecular weight excluding hydrogens is 264 g/mol. The van der Waals surface area contributed by atoms with Crippen LogP contribution in [0.4, 0.5) is 0 Å². The van der Waals surface area contributed by atoms with E-state index in [0.717, 1.165) is 25.7 Å². The maximum atomic E-state index is 11.5. The fourth-order valence-electron chi connectivity index (χ4n) is 2.61. The van der Waals surface area contributed by atoms with Gasteiger partial charge in [-0.15, -0.1) is 0 Å². The molecule has 0 unspecified atom stereocenters. The molecule has 1 aliphatic heterocycles. The van der Waals surface area contributed by atoms with Crippen LogP contribution in [0.3, 0.4) is 0 Å². The van der Waals surface area contributed by atoms with Gasteiger partial charge < -0.3 is 25.2 Å². The number of carbonyl (C=O) groups excluding carboxylic acids is 2. The van der Waals surface area contributed by atoms with Crippen molar-refractivity contribution in [3.05, 3.63) is 0 Å². The van der Waals surface area contributed by atoms with Gasteiger partial charge in [0.1, 0.15) is 6.10 Å². The summed E-state index contributed by atoms with van der Waals surface area (Å²) in [5.74, 6) is -1.93. The van der Waals surface area contributed by atoms with Crippen LogP contribution in [0.1, 0.15) is 32.1 Å². The molecule has 2 aliphatic rings. The van der Waals surface area contributed by atoms with Crippen LogP contribution in [-0.2, 0) is 19.1 Å². The standard InChI is InChI=1S/C13H22N2O5/c16-7-6-14-11(17)12(18)15-8-10-9-19-13(20-10)4-2-1-3-5-13/h10,16H,1-9H2,(H,14,17)(H,15,18)/t10-/m1/s1. The van der Waals surface area contributed by atoms with Crippen molar-refractivity contribution in [2.24, 2.45) is 0 Å². The predicted octanol–water partition coefficient (Wildman–Crippen LogP) is -0.713. The van der Waals surface area contributed by atoms with Crippen molar-refractivity contribution < 1.29 is 24.2 Å². The number of carbonyl (C=O) groups is 2. The Labute approximate surface area is 118 Å². The largest absolute Gasteiger partial charge is 0.395 e. The molecule has 2 amide bonds. The third kappa shape index (κ3) is 3.91. The molecule has 1 spiro atoms. The quantitative estimate of drug-likeness (QED) is 0.593. The number of hydrogen-bond acceptors (Lipinski definition) is 5. The fourth-order valence-corrected chi connectivity index (χ4v) is 2.61. The first-order chi connectivity index (χ1) is 9.65. The van der Waals surface area contributed by atoms with E-state index < -0.39 is 17.6 Å². The number of nitrogens with one attached hydrogen (secondary N) is 2. The highest BCUT2D eigenvalue weighted by Crippen LogP contribution is 2.37. The second kappa shape index (κ2) is 7.01. The minimum Gasteiger partial charge on any atom is -0.395 e. The van der Waals surface area contributed by atoms with Crippen molar-refractivity contribution in [1.82, 2.24) is 10.6 Å². The molecule has 7 nitrogen and oxygen atoms in total. The van der Waals surface area contributed by atoms with Gasteiger partial charge in [-0.3, -0.25) is 9.59 Å². The topological polar surface area (TPSA) is 96.9 Å². The van der Waals surface area contributed by atoms with Crippen molar-refractivity contribution in [2.75, 3.05) is 26.3 Å². The van der Waals surface area contributed by atoms with Crippen LogP contribution in [0.25, 0.3) is 0 Å². The Balaban J connectivity index is 1.70. The number of amides is 2. The number of aliphatic hydroxyl groups is 1. The van der Waals surface area contributed by atoms with Crippen molar-refractivity contribution in [3.63, 3.8) is 0 Å². The molecule has 114 valence electrons. The Morgan fingerprint density at radius 3 is 2.55 bits per heavy atom. The molecular formula is C13H22N2O5. The summed E-state index contributed by atoms with van der Waals surface area (Å²) < 4.78 is 11.6. The van der Waals surface area contributed by atoms with E-state index in [0.29, 0.717) is 6.61 Å². The zero-order valence-corrected chi connectivity index (χ0v) is 11.5. The Kier molecular flexibility index (Phi) is 5.33. The molecule has 0 aromatic rings. The molecule has 3 N–H and O–H groups in total. The molecule has 1 saturated carbocycles. The third-order valence-corrected chi connectivity index (χ3v) is 3.62. The van der Waals surface area contributed by atoms with E-state index in [9.17, 15) is 9.59 Å². The highest BCUT2D eigenvalue weighted by Gasteiger charge is 2.42. The van der Waals surface area contributed by atoms with Crippen LogP contribution < -0.4 is 10.6 Å². The average molecular weight is 286 g/mol. The van der Waals surface area contributed by atoms with Gasteiger partial charge in [0.15, 0.2) is 5.79 Å². The third-order valence-electron chi connectivity index (χ3n) is 3.62. The molecule has 1 atom stereocenters.